The molecule has 0 bridgehead atoms. The zero-order valence-electron chi connectivity index (χ0n) is 12.9. The molecule has 3 heterocycles. The number of fused-ring (bicyclic) bond motifs is 1. The molecule has 21 heavy (non-hydrogen) atoms. The lowest BCUT2D eigenvalue weighted by Gasteiger charge is -2.41. The van der Waals surface area contributed by atoms with Gasteiger partial charge in [0, 0.05) is 31.5 Å². The maximum Gasteiger partial charge on any atom is 0.225 e. The molecular formula is C17H28N2O2. The van der Waals surface area contributed by atoms with Crippen molar-refractivity contribution in [3.63, 3.8) is 0 Å². The zero-order valence-corrected chi connectivity index (χ0v) is 12.9. The fraction of sp³-hybridized carbons (Fsp3) is 0.941. The second kappa shape index (κ2) is 5.88. The van der Waals surface area contributed by atoms with Gasteiger partial charge in [0.1, 0.15) is 0 Å². The molecule has 1 aliphatic carbocycles. The molecule has 3 saturated heterocycles. The topological polar surface area (TPSA) is 41.6 Å². The van der Waals surface area contributed by atoms with Crippen molar-refractivity contribution in [2.75, 3.05) is 32.8 Å². The molecule has 0 aromatic carbocycles. The van der Waals surface area contributed by atoms with Crippen LogP contribution < -0.4 is 5.32 Å². The fourth-order valence-electron chi connectivity index (χ4n) is 4.81. The summed E-state index contributed by atoms with van der Waals surface area (Å²) in [6.45, 7) is 5.10. The van der Waals surface area contributed by atoms with E-state index in [9.17, 15) is 4.79 Å². The van der Waals surface area contributed by atoms with Gasteiger partial charge in [-0.15, -0.1) is 0 Å². The molecule has 1 N–H and O–H groups in total. The predicted octanol–water partition coefficient (Wildman–Crippen LogP) is 1.65. The van der Waals surface area contributed by atoms with Crippen molar-refractivity contribution in [1.82, 2.24) is 10.2 Å². The smallest absolute Gasteiger partial charge is 0.225 e. The molecule has 4 fully saturated rings. The number of ether oxygens (including phenoxy) is 1. The van der Waals surface area contributed by atoms with Crippen LogP contribution in [-0.2, 0) is 9.53 Å². The number of piperidine rings is 2. The van der Waals surface area contributed by atoms with Crippen LogP contribution in [0.3, 0.4) is 0 Å². The average molecular weight is 292 g/mol. The molecule has 4 aliphatic rings. The Labute approximate surface area is 127 Å². The summed E-state index contributed by atoms with van der Waals surface area (Å²) in [7, 11) is 0. The second-order valence-corrected chi connectivity index (χ2v) is 7.48. The van der Waals surface area contributed by atoms with Crippen LogP contribution in [0.2, 0.25) is 0 Å². The van der Waals surface area contributed by atoms with Crippen molar-refractivity contribution in [2.45, 2.75) is 44.6 Å². The molecule has 0 aromatic rings. The van der Waals surface area contributed by atoms with E-state index < -0.39 is 0 Å². The number of rotatable bonds is 2. The van der Waals surface area contributed by atoms with E-state index in [1.54, 1.807) is 0 Å². The number of hydrogen-bond acceptors (Lipinski definition) is 3. The van der Waals surface area contributed by atoms with Crippen LogP contribution in [0.4, 0.5) is 0 Å². The van der Waals surface area contributed by atoms with E-state index in [4.69, 9.17) is 4.74 Å². The molecule has 0 spiro atoms. The lowest BCUT2D eigenvalue weighted by atomic mass is 9.88. The second-order valence-electron chi connectivity index (χ2n) is 7.48. The molecule has 1 saturated carbocycles. The number of likely N-dealkylation sites (tertiary alicyclic amines) is 1. The van der Waals surface area contributed by atoms with Gasteiger partial charge in [-0.25, -0.2) is 0 Å². The van der Waals surface area contributed by atoms with Crippen molar-refractivity contribution >= 4 is 5.91 Å². The van der Waals surface area contributed by atoms with Crippen molar-refractivity contribution < 1.29 is 9.53 Å². The highest BCUT2D eigenvalue weighted by Gasteiger charge is 2.49. The van der Waals surface area contributed by atoms with Crippen LogP contribution in [0.15, 0.2) is 0 Å². The van der Waals surface area contributed by atoms with E-state index in [1.807, 2.05) is 0 Å². The largest absolute Gasteiger partial charge is 0.378 e. The molecule has 4 rings (SSSR count). The minimum Gasteiger partial charge on any atom is -0.378 e. The molecule has 0 radical (unpaired) electrons. The summed E-state index contributed by atoms with van der Waals surface area (Å²) in [6.07, 6.45) is 7.61. The van der Waals surface area contributed by atoms with Crippen molar-refractivity contribution in [3.05, 3.63) is 0 Å². The molecule has 3 aliphatic heterocycles. The molecule has 2 unspecified atom stereocenters. The van der Waals surface area contributed by atoms with Gasteiger partial charge >= 0.3 is 0 Å². The highest BCUT2D eigenvalue weighted by molar-refractivity contribution is 5.81. The summed E-state index contributed by atoms with van der Waals surface area (Å²) in [4.78, 5) is 14.9. The Kier molecular flexibility index (Phi) is 3.92. The van der Waals surface area contributed by atoms with E-state index in [-0.39, 0.29) is 0 Å². The van der Waals surface area contributed by atoms with Gasteiger partial charge in [-0.05, 0) is 63.5 Å². The quantitative estimate of drug-likeness (QED) is 0.841. The van der Waals surface area contributed by atoms with Gasteiger partial charge in [0.15, 0.2) is 0 Å². The standard InChI is InChI=1S/C17H28N2O2/c20-17(15-10-14(15)12-3-6-18-7-4-12)19-8-5-16-13(11-19)2-1-9-21-16/h12-16,18H,1-11H2/t13?,14-,15+,16?/m0/s1. The predicted molar refractivity (Wildman–Crippen MR) is 80.9 cm³/mol. The maximum absolute atomic E-state index is 12.8. The third kappa shape index (κ3) is 2.85. The first-order valence-electron chi connectivity index (χ1n) is 8.94. The average Bonchev–Trinajstić information content (AvgIpc) is 3.35. The molecular weight excluding hydrogens is 264 g/mol. The summed E-state index contributed by atoms with van der Waals surface area (Å²) >= 11 is 0. The summed E-state index contributed by atoms with van der Waals surface area (Å²) in [5.74, 6) is 2.92. The highest BCUT2D eigenvalue weighted by Crippen LogP contribution is 2.48. The van der Waals surface area contributed by atoms with Gasteiger partial charge < -0.3 is 15.0 Å². The zero-order chi connectivity index (χ0) is 14.2. The number of hydrogen-bond donors (Lipinski definition) is 1. The van der Waals surface area contributed by atoms with Gasteiger partial charge in [-0.1, -0.05) is 0 Å². The SMILES string of the molecule is O=C([C@@H]1C[C@H]1C1CCNCC1)N1CCC2OCCCC2C1. The normalized spacial score (nSPS) is 40.7. The number of nitrogens with zero attached hydrogens (tertiary/aromatic N) is 1. The van der Waals surface area contributed by atoms with Crippen LogP contribution in [0.1, 0.15) is 38.5 Å². The van der Waals surface area contributed by atoms with Crippen LogP contribution >= 0.6 is 0 Å². The molecule has 4 heteroatoms. The van der Waals surface area contributed by atoms with E-state index in [0.717, 1.165) is 51.5 Å². The van der Waals surface area contributed by atoms with Gasteiger partial charge in [0.05, 0.1) is 6.10 Å². The number of carbonyl (C=O) groups is 1. The van der Waals surface area contributed by atoms with E-state index in [1.165, 1.54) is 25.7 Å². The number of nitrogens with one attached hydrogen (secondary N) is 1. The third-order valence-electron chi connectivity index (χ3n) is 6.17. The molecule has 4 nitrogen and oxygen atoms in total. The van der Waals surface area contributed by atoms with E-state index in [0.29, 0.717) is 29.8 Å². The fourth-order valence-corrected chi connectivity index (χ4v) is 4.81. The van der Waals surface area contributed by atoms with Crippen LogP contribution in [0.25, 0.3) is 0 Å². The van der Waals surface area contributed by atoms with Crippen LogP contribution in [0, 0.1) is 23.7 Å². The lowest BCUT2D eigenvalue weighted by Crippen LogP contribution is -2.49. The molecule has 4 atom stereocenters. The van der Waals surface area contributed by atoms with Crippen molar-refractivity contribution in [1.29, 1.82) is 0 Å². The van der Waals surface area contributed by atoms with Gasteiger partial charge in [0.25, 0.3) is 0 Å². The third-order valence-corrected chi connectivity index (χ3v) is 6.17. The Morgan fingerprint density at radius 1 is 1.10 bits per heavy atom. The molecule has 0 aromatic heterocycles. The summed E-state index contributed by atoms with van der Waals surface area (Å²) in [5, 5.41) is 3.43. The van der Waals surface area contributed by atoms with Crippen molar-refractivity contribution in [2.24, 2.45) is 23.7 Å². The summed E-state index contributed by atoms with van der Waals surface area (Å²) < 4.78 is 5.86. The Hall–Kier alpha value is -0.610. The van der Waals surface area contributed by atoms with Crippen molar-refractivity contribution in [3.8, 4) is 0 Å². The summed E-state index contributed by atoms with van der Waals surface area (Å²) in [5.41, 5.74) is 0. The minimum absolute atomic E-state index is 0.356. The highest BCUT2D eigenvalue weighted by atomic mass is 16.5. The first kappa shape index (κ1) is 14.0. The maximum atomic E-state index is 12.8. The molecule has 118 valence electrons. The number of amides is 1. The van der Waals surface area contributed by atoms with Gasteiger partial charge in [-0.3, -0.25) is 4.79 Å². The molecule has 1 amide bonds. The Bertz CT molecular complexity index is 394. The Balaban J connectivity index is 1.31. The Morgan fingerprint density at radius 2 is 1.95 bits per heavy atom. The first-order chi connectivity index (χ1) is 10.3. The van der Waals surface area contributed by atoms with Gasteiger partial charge in [-0.2, -0.15) is 0 Å². The Morgan fingerprint density at radius 3 is 2.81 bits per heavy atom. The van der Waals surface area contributed by atoms with E-state index in [2.05, 4.69) is 10.2 Å². The number of carbonyl (C=O) groups excluding carboxylic acids is 1. The summed E-state index contributed by atoms with van der Waals surface area (Å²) in [6, 6.07) is 0. The van der Waals surface area contributed by atoms with E-state index >= 15 is 0 Å². The van der Waals surface area contributed by atoms with Gasteiger partial charge in [0.2, 0.25) is 5.91 Å². The van der Waals surface area contributed by atoms with Crippen LogP contribution in [0.5, 0.6) is 0 Å². The lowest BCUT2D eigenvalue weighted by molar-refractivity contribution is -0.140. The van der Waals surface area contributed by atoms with Crippen LogP contribution in [-0.4, -0.2) is 49.7 Å². The minimum atomic E-state index is 0.356. The monoisotopic (exact) mass is 292 g/mol. The first-order valence-corrected chi connectivity index (χ1v) is 8.94.